The molecular formula is C18H17BrO6. The van der Waals surface area contributed by atoms with E-state index in [1.807, 2.05) is 12.1 Å². The number of methoxy groups -OCH3 is 2. The van der Waals surface area contributed by atoms with Gasteiger partial charge in [-0.05, 0) is 30.3 Å². The minimum atomic E-state index is -0.489. The molecule has 0 aromatic heterocycles. The Bertz CT molecular complexity index is 772. The maximum atomic E-state index is 12.4. The van der Waals surface area contributed by atoms with E-state index in [2.05, 4.69) is 15.9 Å². The molecule has 0 amide bonds. The molecule has 2 aromatic rings. The molecule has 0 saturated carbocycles. The van der Waals surface area contributed by atoms with Gasteiger partial charge in [-0.15, -0.1) is 0 Å². The number of ether oxygens (including phenoxy) is 5. The number of carbonyl (C=O) groups excluding carboxylic acids is 1. The van der Waals surface area contributed by atoms with Gasteiger partial charge in [-0.3, -0.25) is 0 Å². The third-order valence-electron chi connectivity index (χ3n) is 3.66. The van der Waals surface area contributed by atoms with Crippen molar-refractivity contribution >= 4 is 21.9 Å². The third-order valence-corrected chi connectivity index (χ3v) is 4.16. The van der Waals surface area contributed by atoms with Crippen molar-refractivity contribution < 1.29 is 28.5 Å². The molecule has 0 aliphatic carbocycles. The Morgan fingerprint density at radius 2 is 1.84 bits per heavy atom. The normalized spacial score (nSPS) is 12.4. The number of rotatable bonds is 5. The summed E-state index contributed by atoms with van der Waals surface area (Å²) in [6.07, 6.45) is 0. The maximum Gasteiger partial charge on any atom is 0.338 e. The van der Waals surface area contributed by atoms with E-state index in [0.29, 0.717) is 41.8 Å². The van der Waals surface area contributed by atoms with Gasteiger partial charge in [0, 0.05) is 10.0 Å². The lowest BCUT2D eigenvalue weighted by Gasteiger charge is -2.21. The summed E-state index contributed by atoms with van der Waals surface area (Å²) in [5, 5.41) is 0. The number of hydrogen-bond acceptors (Lipinski definition) is 6. The summed E-state index contributed by atoms with van der Waals surface area (Å²) in [4.78, 5) is 12.4. The Labute approximate surface area is 153 Å². The van der Waals surface area contributed by atoms with Crippen LogP contribution in [0, 0.1) is 0 Å². The molecule has 0 atom stereocenters. The molecule has 0 N–H and O–H groups in total. The summed E-state index contributed by atoms with van der Waals surface area (Å²) in [7, 11) is 3.08. The number of halogens is 1. The summed E-state index contributed by atoms with van der Waals surface area (Å²) >= 11 is 3.39. The van der Waals surface area contributed by atoms with Crippen LogP contribution in [0.3, 0.4) is 0 Å². The first-order valence-corrected chi connectivity index (χ1v) is 8.39. The van der Waals surface area contributed by atoms with Gasteiger partial charge in [0.2, 0.25) is 5.75 Å². The van der Waals surface area contributed by atoms with Crippen molar-refractivity contribution in [1.29, 1.82) is 0 Å². The lowest BCUT2D eigenvalue weighted by atomic mass is 10.1. The summed E-state index contributed by atoms with van der Waals surface area (Å²) < 4.78 is 27.9. The first-order valence-electron chi connectivity index (χ1n) is 7.59. The molecule has 25 heavy (non-hydrogen) atoms. The van der Waals surface area contributed by atoms with E-state index in [9.17, 15) is 4.79 Å². The van der Waals surface area contributed by atoms with Crippen molar-refractivity contribution in [2.24, 2.45) is 0 Å². The highest BCUT2D eigenvalue weighted by Gasteiger charge is 2.21. The molecule has 0 spiro atoms. The lowest BCUT2D eigenvalue weighted by molar-refractivity contribution is 0.0468. The zero-order valence-corrected chi connectivity index (χ0v) is 15.4. The van der Waals surface area contributed by atoms with Crippen LogP contribution in [0.1, 0.15) is 15.9 Å². The molecule has 1 heterocycles. The topological polar surface area (TPSA) is 63.2 Å². The molecule has 0 bridgehead atoms. The Kier molecular flexibility index (Phi) is 5.33. The highest BCUT2D eigenvalue weighted by Crippen LogP contribution is 2.40. The fourth-order valence-corrected chi connectivity index (χ4v) is 2.89. The molecule has 6 nitrogen and oxygen atoms in total. The summed E-state index contributed by atoms with van der Waals surface area (Å²) in [6, 6.07) is 8.68. The maximum absolute atomic E-state index is 12.4. The standard InChI is InChI=1S/C18H17BrO6/c1-21-14-4-3-13(19)7-12(14)10-25-18(20)11-8-15(22-2)17-16(9-11)23-5-6-24-17/h3-4,7-9H,5-6,10H2,1-2H3. The van der Waals surface area contributed by atoms with Crippen LogP contribution in [0.25, 0.3) is 0 Å². The monoisotopic (exact) mass is 408 g/mol. The van der Waals surface area contributed by atoms with E-state index in [1.165, 1.54) is 7.11 Å². The molecule has 0 saturated heterocycles. The Morgan fingerprint density at radius 3 is 2.60 bits per heavy atom. The van der Waals surface area contributed by atoms with Crippen LogP contribution in [-0.4, -0.2) is 33.4 Å². The van der Waals surface area contributed by atoms with Crippen molar-refractivity contribution in [2.45, 2.75) is 6.61 Å². The average Bonchev–Trinajstić information content (AvgIpc) is 2.65. The second kappa shape index (κ2) is 7.65. The van der Waals surface area contributed by atoms with E-state index in [-0.39, 0.29) is 6.61 Å². The van der Waals surface area contributed by atoms with E-state index in [0.717, 1.165) is 10.0 Å². The van der Waals surface area contributed by atoms with Gasteiger partial charge in [-0.2, -0.15) is 0 Å². The Balaban J connectivity index is 1.79. The fourth-order valence-electron chi connectivity index (χ4n) is 2.48. The SMILES string of the molecule is COc1ccc(Br)cc1COC(=O)c1cc(OC)c2c(c1)OCCO2. The third kappa shape index (κ3) is 3.82. The Hall–Kier alpha value is -2.41. The molecule has 0 radical (unpaired) electrons. The predicted molar refractivity (Wildman–Crippen MR) is 93.8 cm³/mol. The van der Waals surface area contributed by atoms with E-state index in [4.69, 9.17) is 23.7 Å². The fraction of sp³-hybridized carbons (Fsp3) is 0.278. The van der Waals surface area contributed by atoms with Gasteiger partial charge in [-0.25, -0.2) is 4.79 Å². The number of hydrogen-bond donors (Lipinski definition) is 0. The highest BCUT2D eigenvalue weighted by atomic mass is 79.9. The lowest BCUT2D eigenvalue weighted by Crippen LogP contribution is -2.17. The van der Waals surface area contributed by atoms with Gasteiger partial charge in [0.25, 0.3) is 0 Å². The van der Waals surface area contributed by atoms with E-state index >= 15 is 0 Å². The second-order valence-electron chi connectivity index (χ2n) is 5.23. The number of benzene rings is 2. The first kappa shape index (κ1) is 17.4. The van der Waals surface area contributed by atoms with Crippen LogP contribution in [0.15, 0.2) is 34.8 Å². The largest absolute Gasteiger partial charge is 0.496 e. The van der Waals surface area contributed by atoms with Crippen LogP contribution in [0.2, 0.25) is 0 Å². The van der Waals surface area contributed by atoms with E-state index in [1.54, 1.807) is 25.3 Å². The zero-order valence-electron chi connectivity index (χ0n) is 13.8. The molecular weight excluding hydrogens is 392 g/mol. The molecule has 0 fully saturated rings. The summed E-state index contributed by atoms with van der Waals surface area (Å²) in [6.45, 7) is 0.942. The predicted octanol–water partition coefficient (Wildman–Crippen LogP) is 3.59. The molecule has 7 heteroatoms. The van der Waals surface area contributed by atoms with Crippen molar-refractivity contribution in [3.8, 4) is 23.0 Å². The minimum Gasteiger partial charge on any atom is -0.496 e. The summed E-state index contributed by atoms with van der Waals surface area (Å²) in [5.74, 6) is 1.56. The van der Waals surface area contributed by atoms with Crippen LogP contribution >= 0.6 is 15.9 Å². The van der Waals surface area contributed by atoms with Gasteiger partial charge < -0.3 is 23.7 Å². The highest BCUT2D eigenvalue weighted by molar-refractivity contribution is 9.10. The van der Waals surface area contributed by atoms with Crippen molar-refractivity contribution in [3.63, 3.8) is 0 Å². The van der Waals surface area contributed by atoms with Gasteiger partial charge in [0.15, 0.2) is 11.5 Å². The molecule has 0 unspecified atom stereocenters. The number of fused-ring (bicyclic) bond motifs is 1. The quantitative estimate of drug-likeness (QED) is 0.704. The summed E-state index contributed by atoms with van der Waals surface area (Å²) in [5.41, 5.74) is 1.09. The van der Waals surface area contributed by atoms with Crippen molar-refractivity contribution in [2.75, 3.05) is 27.4 Å². The van der Waals surface area contributed by atoms with Crippen LogP contribution in [0.4, 0.5) is 0 Å². The van der Waals surface area contributed by atoms with Gasteiger partial charge >= 0.3 is 5.97 Å². The molecule has 1 aliphatic heterocycles. The number of esters is 1. The second-order valence-corrected chi connectivity index (χ2v) is 6.15. The van der Waals surface area contributed by atoms with Crippen LogP contribution in [0.5, 0.6) is 23.0 Å². The van der Waals surface area contributed by atoms with Crippen molar-refractivity contribution in [3.05, 3.63) is 45.9 Å². The van der Waals surface area contributed by atoms with Gasteiger partial charge in [0.1, 0.15) is 25.6 Å². The number of carbonyl (C=O) groups is 1. The van der Waals surface area contributed by atoms with Gasteiger partial charge in [-0.1, -0.05) is 15.9 Å². The average molecular weight is 409 g/mol. The Morgan fingerprint density at radius 1 is 1.08 bits per heavy atom. The molecule has 2 aromatic carbocycles. The van der Waals surface area contributed by atoms with Gasteiger partial charge in [0.05, 0.1) is 19.8 Å². The van der Waals surface area contributed by atoms with Crippen LogP contribution < -0.4 is 18.9 Å². The minimum absolute atomic E-state index is 0.0816. The molecule has 132 valence electrons. The van der Waals surface area contributed by atoms with E-state index < -0.39 is 5.97 Å². The molecule has 3 rings (SSSR count). The zero-order chi connectivity index (χ0) is 17.8. The van der Waals surface area contributed by atoms with Crippen LogP contribution in [-0.2, 0) is 11.3 Å². The first-order chi connectivity index (χ1) is 12.1. The van der Waals surface area contributed by atoms with Crippen molar-refractivity contribution in [1.82, 2.24) is 0 Å². The smallest absolute Gasteiger partial charge is 0.338 e. The molecule has 1 aliphatic rings.